The van der Waals surface area contributed by atoms with E-state index in [1.165, 1.54) is 154 Å². The van der Waals surface area contributed by atoms with Gasteiger partial charge in [0.05, 0.1) is 13.2 Å². The molecule has 0 saturated carbocycles. The molecule has 0 aromatic carbocycles. The number of ether oxygens (including phenoxy) is 2. The van der Waals surface area contributed by atoms with Gasteiger partial charge in [-0.25, -0.2) is 4.57 Å². The zero-order chi connectivity index (χ0) is 46.0. The Kier molecular flexibility index (Phi) is 47.8. The summed E-state index contributed by atoms with van der Waals surface area (Å²) in [5.74, 6) is -0.822. The van der Waals surface area contributed by atoms with E-state index in [1.54, 1.807) is 0 Å². The van der Waals surface area contributed by atoms with Crippen molar-refractivity contribution in [3.63, 3.8) is 0 Å². The second kappa shape index (κ2) is 49.4. The average molecular weight is 908 g/mol. The van der Waals surface area contributed by atoms with Crippen molar-refractivity contribution in [2.24, 2.45) is 5.73 Å². The van der Waals surface area contributed by atoms with Gasteiger partial charge in [-0.2, -0.15) is 0 Å². The van der Waals surface area contributed by atoms with Crippen molar-refractivity contribution in [2.45, 2.75) is 251 Å². The van der Waals surface area contributed by atoms with Gasteiger partial charge in [-0.05, 0) is 51.4 Å². The summed E-state index contributed by atoms with van der Waals surface area (Å²) in [6.07, 6.45) is 59.0. The number of phosphoric ester groups is 1. The molecule has 2 atom stereocenters. The SMILES string of the molecule is CC/C=C\C/C=C\C/C=C\C/C=C\CCCCCCCCCCCCCCCCCCCCCCC(=O)OC(COC(=O)CCCCCCCCCCC)COP(=O)(O)OCCN. The highest BCUT2D eigenvalue weighted by Crippen LogP contribution is 2.43. The number of hydrogen-bond acceptors (Lipinski definition) is 8. The van der Waals surface area contributed by atoms with Gasteiger partial charge in [-0.3, -0.25) is 18.6 Å². The van der Waals surface area contributed by atoms with Crippen molar-refractivity contribution >= 4 is 19.8 Å². The first-order valence-electron chi connectivity index (χ1n) is 26.1. The summed E-state index contributed by atoms with van der Waals surface area (Å²) in [6, 6.07) is 0. The molecule has 63 heavy (non-hydrogen) atoms. The van der Waals surface area contributed by atoms with E-state index < -0.39 is 26.5 Å². The Morgan fingerprint density at radius 3 is 1.30 bits per heavy atom. The van der Waals surface area contributed by atoms with Gasteiger partial charge in [0.2, 0.25) is 0 Å². The van der Waals surface area contributed by atoms with Gasteiger partial charge in [-0.15, -0.1) is 0 Å². The molecule has 0 aliphatic rings. The topological polar surface area (TPSA) is 134 Å². The molecule has 9 nitrogen and oxygen atoms in total. The van der Waals surface area contributed by atoms with Crippen LogP contribution in [0.4, 0.5) is 0 Å². The van der Waals surface area contributed by atoms with Crippen molar-refractivity contribution in [3.05, 3.63) is 48.6 Å². The van der Waals surface area contributed by atoms with Crippen molar-refractivity contribution in [2.75, 3.05) is 26.4 Å². The maximum atomic E-state index is 12.6. The van der Waals surface area contributed by atoms with Crippen molar-refractivity contribution in [3.8, 4) is 0 Å². The fraction of sp³-hybridized carbons (Fsp3) is 0.811. The minimum absolute atomic E-state index is 0.0551. The Bertz CT molecular complexity index is 1170. The lowest BCUT2D eigenvalue weighted by Gasteiger charge is -2.19. The Labute approximate surface area is 387 Å². The third-order valence-electron chi connectivity index (χ3n) is 11.2. The smallest absolute Gasteiger partial charge is 0.462 e. The molecule has 0 rings (SSSR count). The summed E-state index contributed by atoms with van der Waals surface area (Å²) in [6.45, 7) is 3.62. The van der Waals surface area contributed by atoms with Gasteiger partial charge in [0.1, 0.15) is 6.61 Å². The summed E-state index contributed by atoms with van der Waals surface area (Å²) in [5, 5.41) is 0. The molecule has 0 heterocycles. The molecule has 0 aliphatic heterocycles. The molecule has 0 amide bonds. The van der Waals surface area contributed by atoms with Crippen LogP contribution in [-0.2, 0) is 32.7 Å². The highest BCUT2D eigenvalue weighted by atomic mass is 31.2. The minimum Gasteiger partial charge on any atom is -0.462 e. The average Bonchev–Trinajstić information content (AvgIpc) is 3.27. The fourth-order valence-electron chi connectivity index (χ4n) is 7.39. The Morgan fingerprint density at radius 2 is 0.873 bits per heavy atom. The molecule has 0 aromatic rings. The number of phosphoric acid groups is 1. The fourth-order valence-corrected chi connectivity index (χ4v) is 8.16. The lowest BCUT2D eigenvalue weighted by atomic mass is 10.0. The number of rotatable bonds is 49. The van der Waals surface area contributed by atoms with Crippen LogP contribution >= 0.6 is 7.82 Å². The van der Waals surface area contributed by atoms with Crippen molar-refractivity contribution < 1.29 is 37.6 Å². The minimum atomic E-state index is -4.37. The lowest BCUT2D eigenvalue weighted by molar-refractivity contribution is -0.161. The number of hydrogen-bond donors (Lipinski definition) is 2. The molecule has 0 radical (unpaired) electrons. The molecule has 368 valence electrons. The van der Waals surface area contributed by atoms with Crippen LogP contribution in [0.1, 0.15) is 245 Å². The second-order valence-corrected chi connectivity index (χ2v) is 18.8. The van der Waals surface area contributed by atoms with E-state index in [0.29, 0.717) is 6.42 Å². The van der Waals surface area contributed by atoms with Gasteiger partial charge in [0.25, 0.3) is 0 Å². The van der Waals surface area contributed by atoms with Crippen LogP contribution in [-0.4, -0.2) is 49.3 Å². The molecular formula is C53H98NO8P. The van der Waals surface area contributed by atoms with Crippen LogP contribution in [0.15, 0.2) is 48.6 Å². The number of nitrogens with two attached hydrogens (primary N) is 1. The predicted octanol–water partition coefficient (Wildman–Crippen LogP) is 15.8. The molecular weight excluding hydrogens is 810 g/mol. The number of carbonyl (C=O) groups is 2. The van der Waals surface area contributed by atoms with Crippen LogP contribution in [0.5, 0.6) is 0 Å². The molecule has 3 N–H and O–H groups in total. The lowest BCUT2D eigenvalue weighted by Crippen LogP contribution is -2.29. The van der Waals surface area contributed by atoms with E-state index in [9.17, 15) is 19.0 Å². The van der Waals surface area contributed by atoms with Gasteiger partial charge < -0.3 is 20.1 Å². The summed E-state index contributed by atoms with van der Waals surface area (Å²) < 4.78 is 32.8. The molecule has 0 aliphatic carbocycles. The highest BCUT2D eigenvalue weighted by Gasteiger charge is 2.26. The molecule has 0 aromatic heterocycles. The van der Waals surface area contributed by atoms with Crippen molar-refractivity contribution in [1.82, 2.24) is 0 Å². The van der Waals surface area contributed by atoms with Gasteiger partial charge in [0.15, 0.2) is 6.10 Å². The zero-order valence-corrected chi connectivity index (χ0v) is 41.7. The molecule has 0 fully saturated rings. The number of allylic oxidation sites excluding steroid dienone is 8. The third-order valence-corrected chi connectivity index (χ3v) is 12.2. The predicted molar refractivity (Wildman–Crippen MR) is 266 cm³/mol. The first-order chi connectivity index (χ1) is 30.8. The van der Waals surface area contributed by atoms with Crippen LogP contribution in [0.2, 0.25) is 0 Å². The van der Waals surface area contributed by atoms with E-state index in [-0.39, 0.29) is 38.6 Å². The summed E-state index contributed by atoms with van der Waals surface area (Å²) in [4.78, 5) is 34.9. The Morgan fingerprint density at radius 1 is 0.492 bits per heavy atom. The van der Waals surface area contributed by atoms with Gasteiger partial charge >= 0.3 is 19.8 Å². The maximum absolute atomic E-state index is 12.6. The molecule has 10 heteroatoms. The largest absolute Gasteiger partial charge is 0.472 e. The molecule has 0 spiro atoms. The Balaban J connectivity index is 3.80. The van der Waals surface area contributed by atoms with Gasteiger partial charge in [0, 0.05) is 19.4 Å². The Hall–Kier alpha value is -2.03. The van der Waals surface area contributed by atoms with E-state index in [0.717, 1.165) is 57.8 Å². The summed E-state index contributed by atoms with van der Waals surface area (Å²) >= 11 is 0. The normalized spacial score (nSPS) is 13.5. The highest BCUT2D eigenvalue weighted by molar-refractivity contribution is 7.47. The summed E-state index contributed by atoms with van der Waals surface area (Å²) in [5.41, 5.74) is 5.35. The molecule has 2 unspecified atom stereocenters. The van der Waals surface area contributed by atoms with Crippen LogP contribution in [0.25, 0.3) is 0 Å². The number of unbranched alkanes of at least 4 members (excludes halogenated alkanes) is 28. The van der Waals surface area contributed by atoms with Crippen LogP contribution < -0.4 is 5.73 Å². The molecule has 0 bridgehead atoms. The second-order valence-electron chi connectivity index (χ2n) is 17.4. The monoisotopic (exact) mass is 908 g/mol. The van der Waals surface area contributed by atoms with E-state index >= 15 is 0 Å². The quantitative estimate of drug-likeness (QED) is 0.0265. The first kappa shape index (κ1) is 61.0. The maximum Gasteiger partial charge on any atom is 0.472 e. The molecule has 0 saturated heterocycles. The number of esters is 2. The van der Waals surface area contributed by atoms with Crippen LogP contribution in [0, 0.1) is 0 Å². The number of carbonyl (C=O) groups excluding carboxylic acids is 2. The third kappa shape index (κ3) is 49.2. The van der Waals surface area contributed by atoms with E-state index in [4.69, 9.17) is 24.3 Å². The standard InChI is InChI=1S/C53H98NO8P/c1-3-5-7-9-11-13-14-15-16-17-18-19-20-21-22-23-24-25-26-27-28-29-30-31-32-33-34-35-36-38-40-42-44-46-53(56)62-51(50-61-63(57,58)60-48-47-54)49-59-52(55)45-43-41-39-37-12-10-8-6-4-2/h5,7,11,13,15-16,18-19,51H,3-4,6,8-10,12,14,17,20-50,54H2,1-2H3,(H,57,58)/b7-5-,13-11-,16-15-,19-18-. The van der Waals surface area contributed by atoms with Crippen LogP contribution in [0.3, 0.4) is 0 Å². The summed E-state index contributed by atoms with van der Waals surface area (Å²) in [7, 11) is -4.37. The van der Waals surface area contributed by atoms with Gasteiger partial charge in [-0.1, -0.05) is 229 Å². The zero-order valence-electron chi connectivity index (χ0n) is 40.8. The van der Waals surface area contributed by atoms with E-state index in [2.05, 4.69) is 62.5 Å². The first-order valence-corrected chi connectivity index (χ1v) is 27.6. The van der Waals surface area contributed by atoms with E-state index in [1.807, 2.05) is 0 Å². The van der Waals surface area contributed by atoms with Crippen molar-refractivity contribution in [1.29, 1.82) is 0 Å².